The van der Waals surface area contributed by atoms with Crippen LogP contribution in [0.15, 0.2) is 97.1 Å². The summed E-state index contributed by atoms with van der Waals surface area (Å²) in [6, 6.07) is 36.7. The number of aryl methyl sites for hydroxylation is 1. The van der Waals surface area contributed by atoms with Gasteiger partial charge in [-0.2, -0.15) is 0 Å². The van der Waals surface area contributed by atoms with Crippen LogP contribution in [0.3, 0.4) is 0 Å². The van der Waals surface area contributed by atoms with E-state index >= 15 is 0 Å². The number of aromatic nitrogens is 1. The SMILES string of the molecule is Cc1ccc(Cn2c3cc(-c4ccccc4)c[c]c3c3c(C(N)=O)cccc32)c2ccccc12. The maximum atomic E-state index is 12.3. The minimum Gasteiger partial charge on any atom is -0.366 e. The highest BCUT2D eigenvalue weighted by molar-refractivity contribution is 6.18. The number of hydrogen-bond donors (Lipinski definition) is 1. The molecular formula is C31H23N2O. The van der Waals surface area contributed by atoms with Crippen LogP contribution < -0.4 is 5.73 Å². The number of benzene rings is 5. The summed E-state index contributed by atoms with van der Waals surface area (Å²) in [5.74, 6) is -0.425. The van der Waals surface area contributed by atoms with Crippen molar-refractivity contribution in [1.82, 2.24) is 4.57 Å². The molecule has 0 aliphatic heterocycles. The Hall–Kier alpha value is -4.37. The third kappa shape index (κ3) is 3.17. The second-order valence-electron chi connectivity index (χ2n) is 8.75. The molecule has 3 heteroatoms. The average Bonchev–Trinajstić information content (AvgIpc) is 3.19. The Bertz CT molecular complexity index is 1710. The van der Waals surface area contributed by atoms with E-state index in [1.807, 2.05) is 30.3 Å². The van der Waals surface area contributed by atoms with Gasteiger partial charge >= 0.3 is 0 Å². The van der Waals surface area contributed by atoms with Crippen molar-refractivity contribution in [3.05, 3.63) is 120 Å². The highest BCUT2D eigenvalue weighted by Gasteiger charge is 2.18. The van der Waals surface area contributed by atoms with Crippen molar-refractivity contribution in [1.29, 1.82) is 0 Å². The van der Waals surface area contributed by atoms with Crippen molar-refractivity contribution < 1.29 is 4.79 Å². The summed E-state index contributed by atoms with van der Waals surface area (Å²) in [6.07, 6.45) is 0. The number of carbonyl (C=O) groups is 1. The number of rotatable bonds is 4. The molecule has 0 spiro atoms. The lowest BCUT2D eigenvalue weighted by Crippen LogP contribution is -2.11. The van der Waals surface area contributed by atoms with Gasteiger partial charge in [-0.3, -0.25) is 4.79 Å². The van der Waals surface area contributed by atoms with Crippen molar-refractivity contribution in [2.24, 2.45) is 5.73 Å². The van der Waals surface area contributed by atoms with E-state index in [0.29, 0.717) is 12.1 Å². The van der Waals surface area contributed by atoms with Gasteiger partial charge in [0.15, 0.2) is 0 Å². The molecule has 1 aromatic heterocycles. The lowest BCUT2D eigenvalue weighted by molar-refractivity contribution is 0.100. The molecule has 34 heavy (non-hydrogen) atoms. The fraction of sp³-hybridized carbons (Fsp3) is 0.0645. The average molecular weight is 440 g/mol. The summed E-state index contributed by atoms with van der Waals surface area (Å²) in [5, 5.41) is 4.28. The zero-order valence-electron chi connectivity index (χ0n) is 18.9. The van der Waals surface area contributed by atoms with Crippen LogP contribution >= 0.6 is 0 Å². The van der Waals surface area contributed by atoms with Gasteiger partial charge in [-0.15, -0.1) is 0 Å². The monoisotopic (exact) mass is 439 g/mol. The van der Waals surface area contributed by atoms with Crippen LogP contribution in [0.4, 0.5) is 0 Å². The number of nitrogens with two attached hydrogens (primary N) is 1. The molecule has 1 amide bonds. The summed E-state index contributed by atoms with van der Waals surface area (Å²) < 4.78 is 2.29. The molecule has 5 aromatic carbocycles. The third-order valence-corrected chi connectivity index (χ3v) is 6.73. The molecule has 6 rings (SSSR count). The van der Waals surface area contributed by atoms with Gasteiger partial charge in [-0.25, -0.2) is 0 Å². The normalized spacial score (nSPS) is 11.4. The zero-order chi connectivity index (χ0) is 23.2. The third-order valence-electron chi connectivity index (χ3n) is 6.73. The maximum absolute atomic E-state index is 12.3. The first-order valence-corrected chi connectivity index (χ1v) is 11.4. The van der Waals surface area contributed by atoms with E-state index in [1.165, 1.54) is 21.9 Å². The summed E-state index contributed by atoms with van der Waals surface area (Å²) in [4.78, 5) is 12.3. The molecule has 0 aliphatic rings. The number of primary amides is 1. The first-order valence-electron chi connectivity index (χ1n) is 11.4. The standard InChI is InChI=1S/C31H23N2O/c1-20-14-15-23(25-11-6-5-10-24(20)25)19-33-28-13-7-12-27(31(32)34)30(28)26-17-16-22(18-29(26)33)21-8-3-2-4-9-21/h2-16,18H,19H2,1H3,(H2,32,34). The van der Waals surface area contributed by atoms with Gasteiger partial charge in [0, 0.05) is 22.9 Å². The van der Waals surface area contributed by atoms with Crippen LogP contribution in [0.1, 0.15) is 21.5 Å². The number of nitrogens with zero attached hydrogens (tertiary/aromatic N) is 1. The van der Waals surface area contributed by atoms with Gasteiger partial charge in [-0.05, 0) is 70.3 Å². The van der Waals surface area contributed by atoms with Crippen molar-refractivity contribution in [2.45, 2.75) is 13.5 Å². The van der Waals surface area contributed by atoms with Crippen molar-refractivity contribution in [2.75, 3.05) is 0 Å². The Labute approximate surface area is 198 Å². The fourth-order valence-corrected chi connectivity index (χ4v) is 5.05. The van der Waals surface area contributed by atoms with E-state index in [0.717, 1.165) is 32.9 Å². The second kappa shape index (κ2) is 7.89. The van der Waals surface area contributed by atoms with Crippen molar-refractivity contribution in [3.63, 3.8) is 0 Å². The molecule has 0 aliphatic carbocycles. The summed E-state index contributed by atoms with van der Waals surface area (Å²) in [5.41, 5.74) is 13.0. The van der Waals surface area contributed by atoms with E-state index < -0.39 is 5.91 Å². The summed E-state index contributed by atoms with van der Waals surface area (Å²) in [7, 11) is 0. The van der Waals surface area contributed by atoms with Crippen molar-refractivity contribution in [3.8, 4) is 11.1 Å². The molecule has 1 radical (unpaired) electrons. The van der Waals surface area contributed by atoms with Crippen LogP contribution in [-0.4, -0.2) is 10.5 Å². The van der Waals surface area contributed by atoms with Gasteiger partial charge in [0.25, 0.3) is 0 Å². The maximum Gasteiger partial charge on any atom is 0.249 e. The predicted octanol–water partition coefficient (Wildman–Crippen LogP) is 6.87. The van der Waals surface area contributed by atoms with Gasteiger partial charge in [-0.1, -0.05) is 72.8 Å². The van der Waals surface area contributed by atoms with Gasteiger partial charge in [0.05, 0.1) is 11.0 Å². The van der Waals surface area contributed by atoms with Crippen LogP contribution in [0, 0.1) is 13.0 Å². The fourth-order valence-electron chi connectivity index (χ4n) is 5.05. The molecule has 0 fully saturated rings. The highest BCUT2D eigenvalue weighted by atomic mass is 16.1. The van der Waals surface area contributed by atoms with Crippen LogP contribution in [0.25, 0.3) is 43.7 Å². The van der Waals surface area contributed by atoms with Crippen molar-refractivity contribution >= 4 is 38.5 Å². The number of hydrogen-bond acceptors (Lipinski definition) is 1. The Morgan fingerprint density at radius 3 is 2.38 bits per heavy atom. The number of fused-ring (bicyclic) bond motifs is 4. The second-order valence-corrected chi connectivity index (χ2v) is 8.75. The molecule has 0 atom stereocenters. The minimum atomic E-state index is -0.425. The molecular weight excluding hydrogens is 416 g/mol. The van der Waals surface area contributed by atoms with E-state index in [1.54, 1.807) is 6.07 Å². The van der Waals surface area contributed by atoms with Gasteiger partial charge < -0.3 is 10.3 Å². The first kappa shape index (κ1) is 20.3. The lowest BCUT2D eigenvalue weighted by Gasteiger charge is -2.13. The molecule has 3 nitrogen and oxygen atoms in total. The minimum absolute atomic E-state index is 0.425. The van der Waals surface area contributed by atoms with Crippen LogP contribution in [-0.2, 0) is 6.54 Å². The molecule has 0 saturated heterocycles. The number of carbonyl (C=O) groups excluding carboxylic acids is 1. The summed E-state index contributed by atoms with van der Waals surface area (Å²) in [6.45, 7) is 2.82. The van der Waals surface area contributed by atoms with Crippen LogP contribution in [0.2, 0.25) is 0 Å². The molecule has 163 valence electrons. The molecule has 0 bridgehead atoms. The van der Waals surface area contributed by atoms with E-state index in [9.17, 15) is 4.79 Å². The van der Waals surface area contributed by atoms with E-state index in [4.69, 9.17) is 5.73 Å². The molecule has 2 N–H and O–H groups in total. The molecule has 0 saturated carbocycles. The topological polar surface area (TPSA) is 48.0 Å². The van der Waals surface area contributed by atoms with Gasteiger partial charge in [0.1, 0.15) is 0 Å². The first-order chi connectivity index (χ1) is 16.6. The highest BCUT2D eigenvalue weighted by Crippen LogP contribution is 2.35. The molecule has 1 heterocycles. The summed E-state index contributed by atoms with van der Waals surface area (Å²) >= 11 is 0. The predicted molar refractivity (Wildman–Crippen MR) is 140 cm³/mol. The van der Waals surface area contributed by atoms with E-state index in [-0.39, 0.29) is 0 Å². The molecule has 6 aromatic rings. The smallest absolute Gasteiger partial charge is 0.249 e. The van der Waals surface area contributed by atoms with E-state index in [2.05, 4.69) is 78.2 Å². The Kier molecular flexibility index (Phi) is 4.70. The quantitative estimate of drug-likeness (QED) is 0.320. The zero-order valence-corrected chi connectivity index (χ0v) is 18.9. The van der Waals surface area contributed by atoms with Gasteiger partial charge in [0.2, 0.25) is 5.91 Å². The lowest BCUT2D eigenvalue weighted by atomic mass is 10.00. The number of amides is 1. The van der Waals surface area contributed by atoms with Crippen LogP contribution in [0.5, 0.6) is 0 Å². The Balaban J connectivity index is 1.66. The molecule has 0 unspecified atom stereocenters. The Morgan fingerprint density at radius 1 is 0.824 bits per heavy atom. The Morgan fingerprint density at radius 2 is 1.59 bits per heavy atom. The largest absolute Gasteiger partial charge is 0.366 e.